The van der Waals surface area contributed by atoms with Crippen LogP contribution in [0, 0.1) is 11.8 Å². The number of nitrogens with zero attached hydrogens (tertiary/aromatic N) is 2. The van der Waals surface area contributed by atoms with Crippen molar-refractivity contribution in [1.82, 2.24) is 9.80 Å². The molecule has 1 aliphatic carbocycles. The number of hydrogen-bond acceptors (Lipinski definition) is 3. The van der Waals surface area contributed by atoms with E-state index < -0.39 is 5.60 Å². The minimum Gasteiger partial charge on any atom is -0.444 e. The van der Waals surface area contributed by atoms with Crippen LogP contribution in [0.5, 0.6) is 0 Å². The second-order valence-electron chi connectivity index (χ2n) is 8.70. The first-order valence-corrected chi connectivity index (χ1v) is 9.63. The summed E-state index contributed by atoms with van der Waals surface area (Å²) in [5, 5.41) is 0. The van der Waals surface area contributed by atoms with Crippen molar-refractivity contribution in [3.05, 3.63) is 0 Å². The lowest BCUT2D eigenvalue weighted by molar-refractivity contribution is -0.138. The van der Waals surface area contributed by atoms with Crippen molar-refractivity contribution in [2.45, 2.75) is 77.4 Å². The van der Waals surface area contributed by atoms with Crippen LogP contribution in [0.3, 0.4) is 0 Å². The molecule has 0 aromatic rings. The van der Waals surface area contributed by atoms with Gasteiger partial charge in [0.05, 0.1) is 0 Å². The van der Waals surface area contributed by atoms with Crippen LogP contribution in [0.4, 0.5) is 4.79 Å². The Bertz CT molecular complexity index is 481. The number of ether oxygens (including phenoxy) is 1. The molecule has 3 aliphatic rings. The topological polar surface area (TPSA) is 49.9 Å². The normalized spacial score (nSPS) is 28.6. The molecule has 136 valence electrons. The summed E-state index contributed by atoms with van der Waals surface area (Å²) in [6.07, 6.45) is 7.45. The van der Waals surface area contributed by atoms with Gasteiger partial charge in [-0.15, -0.1) is 0 Å². The number of amides is 2. The Hall–Kier alpha value is -1.26. The van der Waals surface area contributed by atoms with Crippen LogP contribution in [0.2, 0.25) is 0 Å². The third kappa shape index (κ3) is 4.22. The lowest BCUT2D eigenvalue weighted by Gasteiger charge is -2.44. The Balaban J connectivity index is 1.64. The third-order valence-electron chi connectivity index (χ3n) is 5.41. The molecular weight excluding hydrogens is 304 g/mol. The number of rotatable bonds is 2. The predicted molar refractivity (Wildman–Crippen MR) is 92.6 cm³/mol. The lowest BCUT2D eigenvalue weighted by atomic mass is 9.84. The first-order chi connectivity index (χ1) is 11.3. The van der Waals surface area contributed by atoms with Crippen molar-refractivity contribution in [1.29, 1.82) is 0 Å². The van der Waals surface area contributed by atoms with Gasteiger partial charge in [-0.05, 0) is 71.6 Å². The SMILES string of the molecule is CC(C)(C)OC(=O)N1CCC[C@H]([C@H]2CCCCN2C(=O)C2CC2)C1. The van der Waals surface area contributed by atoms with E-state index in [1.165, 1.54) is 6.42 Å². The van der Waals surface area contributed by atoms with E-state index >= 15 is 0 Å². The van der Waals surface area contributed by atoms with Gasteiger partial charge in [0, 0.05) is 31.6 Å². The highest BCUT2D eigenvalue weighted by Crippen LogP contribution is 2.36. The molecule has 0 unspecified atom stereocenters. The van der Waals surface area contributed by atoms with Gasteiger partial charge < -0.3 is 14.5 Å². The average molecular weight is 336 g/mol. The predicted octanol–water partition coefficient (Wildman–Crippen LogP) is 3.42. The lowest BCUT2D eigenvalue weighted by Crippen LogP contribution is -2.53. The zero-order valence-electron chi connectivity index (χ0n) is 15.4. The Morgan fingerprint density at radius 2 is 1.71 bits per heavy atom. The molecule has 5 nitrogen and oxygen atoms in total. The van der Waals surface area contributed by atoms with Crippen molar-refractivity contribution >= 4 is 12.0 Å². The van der Waals surface area contributed by atoms with E-state index in [0.717, 1.165) is 58.2 Å². The molecule has 2 saturated heterocycles. The van der Waals surface area contributed by atoms with Crippen LogP contribution in [0.25, 0.3) is 0 Å². The molecule has 1 saturated carbocycles. The Labute approximate surface area is 145 Å². The quantitative estimate of drug-likeness (QED) is 0.776. The largest absolute Gasteiger partial charge is 0.444 e. The number of carbonyl (C=O) groups excluding carboxylic acids is 2. The van der Waals surface area contributed by atoms with Crippen LogP contribution in [0.15, 0.2) is 0 Å². The molecule has 5 heteroatoms. The number of hydrogen-bond donors (Lipinski definition) is 0. The summed E-state index contributed by atoms with van der Waals surface area (Å²) in [4.78, 5) is 29.0. The molecule has 0 bridgehead atoms. The number of piperidine rings is 2. The van der Waals surface area contributed by atoms with Crippen molar-refractivity contribution in [2.75, 3.05) is 19.6 Å². The molecule has 2 amide bonds. The van der Waals surface area contributed by atoms with E-state index in [0.29, 0.717) is 17.9 Å². The van der Waals surface area contributed by atoms with Gasteiger partial charge in [-0.2, -0.15) is 0 Å². The molecule has 0 N–H and O–H groups in total. The minimum absolute atomic E-state index is 0.205. The van der Waals surface area contributed by atoms with Gasteiger partial charge >= 0.3 is 6.09 Å². The highest BCUT2D eigenvalue weighted by atomic mass is 16.6. The Kier molecular flexibility index (Phi) is 5.07. The van der Waals surface area contributed by atoms with Gasteiger partial charge in [0.15, 0.2) is 0 Å². The summed E-state index contributed by atoms with van der Waals surface area (Å²) in [7, 11) is 0. The van der Waals surface area contributed by atoms with Crippen LogP contribution >= 0.6 is 0 Å². The molecule has 3 rings (SSSR count). The van der Waals surface area contributed by atoms with E-state index in [2.05, 4.69) is 4.90 Å². The fraction of sp³-hybridized carbons (Fsp3) is 0.895. The maximum atomic E-state index is 12.6. The van der Waals surface area contributed by atoms with Crippen LogP contribution in [0.1, 0.15) is 65.7 Å². The number of carbonyl (C=O) groups is 2. The highest BCUT2D eigenvalue weighted by Gasteiger charge is 2.41. The van der Waals surface area contributed by atoms with Gasteiger partial charge in [0.25, 0.3) is 0 Å². The van der Waals surface area contributed by atoms with Gasteiger partial charge in [-0.1, -0.05) is 0 Å². The van der Waals surface area contributed by atoms with Crippen molar-refractivity contribution in [3.8, 4) is 0 Å². The van der Waals surface area contributed by atoms with E-state index in [1.54, 1.807) is 0 Å². The van der Waals surface area contributed by atoms with E-state index in [9.17, 15) is 9.59 Å². The molecule has 2 atom stereocenters. The minimum atomic E-state index is -0.456. The molecule has 0 spiro atoms. The summed E-state index contributed by atoms with van der Waals surface area (Å²) in [5.74, 6) is 1.06. The van der Waals surface area contributed by atoms with Gasteiger partial charge in [0.1, 0.15) is 5.60 Å². The van der Waals surface area contributed by atoms with Crippen molar-refractivity contribution < 1.29 is 14.3 Å². The maximum Gasteiger partial charge on any atom is 0.410 e. The summed E-state index contributed by atoms with van der Waals surface area (Å²) >= 11 is 0. The van der Waals surface area contributed by atoms with Gasteiger partial charge in [-0.3, -0.25) is 4.79 Å². The number of likely N-dealkylation sites (tertiary alicyclic amines) is 2. The standard InChI is InChI=1S/C19H32N2O3/c1-19(2,3)24-18(23)20-11-6-7-15(13-20)16-8-4-5-12-21(16)17(22)14-9-10-14/h14-16H,4-13H2,1-3H3/t15-,16+/m0/s1. The first-order valence-electron chi connectivity index (χ1n) is 9.63. The first kappa shape index (κ1) is 17.6. The Morgan fingerprint density at radius 1 is 0.958 bits per heavy atom. The Morgan fingerprint density at radius 3 is 2.38 bits per heavy atom. The maximum absolute atomic E-state index is 12.6. The molecule has 0 aromatic heterocycles. The van der Waals surface area contributed by atoms with Crippen LogP contribution in [-0.4, -0.2) is 53.1 Å². The summed E-state index contributed by atoms with van der Waals surface area (Å²) in [5.41, 5.74) is -0.456. The average Bonchev–Trinajstić information content (AvgIpc) is 3.38. The zero-order valence-corrected chi connectivity index (χ0v) is 15.4. The fourth-order valence-electron chi connectivity index (χ4n) is 4.10. The molecule has 3 fully saturated rings. The van der Waals surface area contributed by atoms with E-state index in [-0.39, 0.29) is 12.0 Å². The van der Waals surface area contributed by atoms with Crippen LogP contribution in [-0.2, 0) is 9.53 Å². The zero-order chi connectivity index (χ0) is 17.3. The van der Waals surface area contributed by atoms with E-state index in [4.69, 9.17) is 4.74 Å². The fourth-order valence-corrected chi connectivity index (χ4v) is 4.10. The van der Waals surface area contributed by atoms with Crippen molar-refractivity contribution in [3.63, 3.8) is 0 Å². The second-order valence-corrected chi connectivity index (χ2v) is 8.70. The second kappa shape index (κ2) is 6.93. The van der Waals surface area contributed by atoms with Crippen molar-refractivity contribution in [2.24, 2.45) is 11.8 Å². The summed E-state index contributed by atoms with van der Waals surface area (Å²) < 4.78 is 5.54. The van der Waals surface area contributed by atoms with Crippen LogP contribution < -0.4 is 0 Å². The van der Waals surface area contributed by atoms with Gasteiger partial charge in [-0.25, -0.2) is 4.79 Å². The monoisotopic (exact) mass is 336 g/mol. The molecule has 2 heterocycles. The third-order valence-corrected chi connectivity index (χ3v) is 5.41. The van der Waals surface area contributed by atoms with Gasteiger partial charge in [0.2, 0.25) is 5.91 Å². The molecule has 24 heavy (non-hydrogen) atoms. The summed E-state index contributed by atoms with van der Waals surface area (Å²) in [6, 6.07) is 0.317. The summed E-state index contributed by atoms with van der Waals surface area (Å²) in [6.45, 7) is 8.13. The smallest absolute Gasteiger partial charge is 0.410 e. The molecule has 2 aliphatic heterocycles. The molecule has 0 radical (unpaired) electrons. The molecule has 0 aromatic carbocycles. The molecular formula is C19H32N2O3. The van der Waals surface area contributed by atoms with E-state index in [1.807, 2.05) is 25.7 Å². The highest BCUT2D eigenvalue weighted by molar-refractivity contribution is 5.81.